The van der Waals surface area contributed by atoms with Gasteiger partial charge in [-0.05, 0) is 24.8 Å². The summed E-state index contributed by atoms with van der Waals surface area (Å²) in [5.41, 5.74) is 1.01. The summed E-state index contributed by atoms with van der Waals surface area (Å²) >= 11 is 0. The molecule has 1 aromatic rings. The fourth-order valence-electron chi connectivity index (χ4n) is 2.96. The normalized spacial score (nSPS) is 27.2. The summed E-state index contributed by atoms with van der Waals surface area (Å²) in [5, 5.41) is 10.5. The topological polar surface area (TPSA) is 32.7 Å². The zero-order chi connectivity index (χ0) is 14.5. The number of aliphatic hydroxyl groups is 1. The molecule has 4 unspecified atom stereocenters. The Morgan fingerprint density at radius 1 is 1.35 bits per heavy atom. The maximum absolute atomic E-state index is 10.5. The molecular weight excluding hydrogens is 250 g/mol. The summed E-state index contributed by atoms with van der Waals surface area (Å²) in [6.45, 7) is 9.15. The lowest BCUT2D eigenvalue weighted by Crippen LogP contribution is -2.50. The number of hydrogen-bond donors (Lipinski definition) is 1. The first-order valence-electron chi connectivity index (χ1n) is 7.70. The van der Waals surface area contributed by atoms with E-state index in [0.717, 1.165) is 31.7 Å². The highest BCUT2D eigenvalue weighted by Crippen LogP contribution is 2.24. The molecule has 20 heavy (non-hydrogen) atoms. The standard InChI is InChI=1S/C17H27NO2/c1-4-16-12-20-14(3)11-18(16)10-13(2)17(19)15-8-6-5-7-9-15/h5-9,13-14,16-17,19H,4,10-12H2,1-3H3. The molecule has 3 nitrogen and oxygen atoms in total. The highest BCUT2D eigenvalue weighted by molar-refractivity contribution is 5.17. The van der Waals surface area contributed by atoms with E-state index in [2.05, 4.69) is 25.7 Å². The molecule has 3 heteroatoms. The van der Waals surface area contributed by atoms with Gasteiger partial charge in [0.25, 0.3) is 0 Å². The monoisotopic (exact) mass is 277 g/mol. The number of morpholine rings is 1. The molecule has 112 valence electrons. The Morgan fingerprint density at radius 2 is 2.05 bits per heavy atom. The summed E-state index contributed by atoms with van der Waals surface area (Å²) in [4.78, 5) is 2.48. The number of hydrogen-bond acceptors (Lipinski definition) is 3. The lowest BCUT2D eigenvalue weighted by Gasteiger charge is -2.40. The zero-order valence-electron chi connectivity index (χ0n) is 12.8. The van der Waals surface area contributed by atoms with Crippen molar-refractivity contribution in [2.45, 2.75) is 45.4 Å². The number of nitrogens with zero attached hydrogens (tertiary/aromatic N) is 1. The Hall–Kier alpha value is -0.900. The third-order valence-corrected chi connectivity index (χ3v) is 4.25. The predicted molar refractivity (Wildman–Crippen MR) is 81.6 cm³/mol. The second-order valence-electron chi connectivity index (χ2n) is 5.99. The van der Waals surface area contributed by atoms with Crippen molar-refractivity contribution in [1.82, 2.24) is 4.90 Å². The van der Waals surface area contributed by atoms with Gasteiger partial charge in [-0.3, -0.25) is 4.90 Å². The number of aliphatic hydroxyl groups excluding tert-OH is 1. The van der Waals surface area contributed by atoms with Crippen LogP contribution in [0, 0.1) is 5.92 Å². The molecular formula is C17H27NO2. The number of ether oxygens (including phenoxy) is 1. The van der Waals surface area contributed by atoms with Crippen LogP contribution in [0.2, 0.25) is 0 Å². The smallest absolute Gasteiger partial charge is 0.0827 e. The Kier molecular flexibility index (Phi) is 5.58. The molecule has 0 saturated carbocycles. The van der Waals surface area contributed by atoms with E-state index >= 15 is 0 Å². The van der Waals surface area contributed by atoms with E-state index in [1.165, 1.54) is 0 Å². The predicted octanol–water partition coefficient (Wildman–Crippen LogP) is 2.86. The molecule has 0 amide bonds. The second-order valence-corrected chi connectivity index (χ2v) is 5.99. The molecule has 1 saturated heterocycles. The Balaban J connectivity index is 1.97. The summed E-state index contributed by atoms with van der Waals surface area (Å²) < 4.78 is 5.73. The Labute approximate surface area is 122 Å². The highest BCUT2D eigenvalue weighted by atomic mass is 16.5. The molecule has 4 atom stereocenters. The van der Waals surface area contributed by atoms with E-state index in [-0.39, 0.29) is 5.92 Å². The highest BCUT2D eigenvalue weighted by Gasteiger charge is 2.28. The van der Waals surface area contributed by atoms with Crippen LogP contribution in [0.25, 0.3) is 0 Å². The van der Waals surface area contributed by atoms with Crippen LogP contribution >= 0.6 is 0 Å². The van der Waals surface area contributed by atoms with Gasteiger partial charge >= 0.3 is 0 Å². The van der Waals surface area contributed by atoms with Crippen LogP contribution in [0.5, 0.6) is 0 Å². The average Bonchev–Trinajstić information content (AvgIpc) is 2.47. The largest absolute Gasteiger partial charge is 0.388 e. The van der Waals surface area contributed by atoms with Gasteiger partial charge in [0.05, 0.1) is 18.8 Å². The van der Waals surface area contributed by atoms with Crippen LogP contribution in [-0.2, 0) is 4.74 Å². The number of rotatable bonds is 5. The van der Waals surface area contributed by atoms with Gasteiger partial charge in [-0.2, -0.15) is 0 Å². The minimum absolute atomic E-state index is 0.219. The van der Waals surface area contributed by atoms with Gasteiger partial charge in [0, 0.05) is 19.1 Å². The summed E-state index contributed by atoms with van der Waals surface area (Å²) in [7, 11) is 0. The van der Waals surface area contributed by atoms with Crippen molar-refractivity contribution in [3.8, 4) is 0 Å². The summed E-state index contributed by atoms with van der Waals surface area (Å²) in [6, 6.07) is 10.4. The van der Waals surface area contributed by atoms with Gasteiger partial charge in [-0.15, -0.1) is 0 Å². The molecule has 1 aliphatic rings. The van der Waals surface area contributed by atoms with E-state index < -0.39 is 6.10 Å². The van der Waals surface area contributed by atoms with Gasteiger partial charge in [0.15, 0.2) is 0 Å². The van der Waals surface area contributed by atoms with Crippen LogP contribution in [0.4, 0.5) is 0 Å². The van der Waals surface area contributed by atoms with Gasteiger partial charge in [0.2, 0.25) is 0 Å². The van der Waals surface area contributed by atoms with Crippen molar-refractivity contribution >= 4 is 0 Å². The van der Waals surface area contributed by atoms with Crippen molar-refractivity contribution in [2.75, 3.05) is 19.7 Å². The fraction of sp³-hybridized carbons (Fsp3) is 0.647. The molecule has 1 heterocycles. The van der Waals surface area contributed by atoms with E-state index in [9.17, 15) is 5.11 Å². The third kappa shape index (κ3) is 3.81. The molecule has 1 N–H and O–H groups in total. The lowest BCUT2D eigenvalue weighted by molar-refractivity contribution is -0.0663. The van der Waals surface area contributed by atoms with Crippen molar-refractivity contribution < 1.29 is 9.84 Å². The van der Waals surface area contributed by atoms with Gasteiger partial charge in [-0.25, -0.2) is 0 Å². The van der Waals surface area contributed by atoms with Crippen LogP contribution in [0.1, 0.15) is 38.9 Å². The lowest BCUT2D eigenvalue weighted by atomic mass is 9.96. The van der Waals surface area contributed by atoms with E-state index in [1.807, 2.05) is 30.3 Å². The first-order valence-corrected chi connectivity index (χ1v) is 7.70. The molecule has 1 fully saturated rings. The van der Waals surface area contributed by atoms with Crippen molar-refractivity contribution in [3.63, 3.8) is 0 Å². The van der Waals surface area contributed by atoms with Crippen LogP contribution in [0.3, 0.4) is 0 Å². The van der Waals surface area contributed by atoms with Crippen molar-refractivity contribution in [2.24, 2.45) is 5.92 Å². The van der Waals surface area contributed by atoms with Crippen molar-refractivity contribution in [3.05, 3.63) is 35.9 Å². The van der Waals surface area contributed by atoms with Gasteiger partial charge in [-0.1, -0.05) is 44.2 Å². The molecule has 2 rings (SSSR count). The van der Waals surface area contributed by atoms with Crippen LogP contribution in [0.15, 0.2) is 30.3 Å². The molecule has 0 bridgehead atoms. The maximum atomic E-state index is 10.5. The first-order chi connectivity index (χ1) is 9.61. The second kappa shape index (κ2) is 7.21. The SMILES string of the molecule is CCC1COC(C)CN1CC(C)C(O)c1ccccc1. The minimum atomic E-state index is -0.396. The third-order valence-electron chi connectivity index (χ3n) is 4.25. The van der Waals surface area contributed by atoms with E-state index in [1.54, 1.807) is 0 Å². The molecule has 0 radical (unpaired) electrons. The zero-order valence-corrected chi connectivity index (χ0v) is 12.8. The summed E-state index contributed by atoms with van der Waals surface area (Å²) in [5.74, 6) is 0.219. The molecule has 0 spiro atoms. The quantitative estimate of drug-likeness (QED) is 0.898. The number of benzene rings is 1. The maximum Gasteiger partial charge on any atom is 0.0827 e. The Bertz CT molecular complexity index is 395. The average molecular weight is 277 g/mol. The first kappa shape index (κ1) is 15.5. The van der Waals surface area contributed by atoms with Gasteiger partial charge < -0.3 is 9.84 Å². The van der Waals surface area contributed by atoms with Crippen LogP contribution < -0.4 is 0 Å². The minimum Gasteiger partial charge on any atom is -0.388 e. The van der Waals surface area contributed by atoms with Crippen molar-refractivity contribution in [1.29, 1.82) is 0 Å². The van der Waals surface area contributed by atoms with E-state index in [4.69, 9.17) is 4.74 Å². The van der Waals surface area contributed by atoms with E-state index in [0.29, 0.717) is 12.1 Å². The summed E-state index contributed by atoms with van der Waals surface area (Å²) in [6.07, 6.45) is 0.992. The fourth-order valence-corrected chi connectivity index (χ4v) is 2.96. The molecule has 1 aliphatic heterocycles. The molecule has 0 aromatic heterocycles. The van der Waals surface area contributed by atoms with Crippen LogP contribution in [-0.4, -0.2) is 41.8 Å². The van der Waals surface area contributed by atoms with Gasteiger partial charge in [0.1, 0.15) is 0 Å². The molecule has 1 aromatic carbocycles. The Morgan fingerprint density at radius 3 is 2.70 bits per heavy atom. The molecule has 0 aliphatic carbocycles.